The largest absolute Gasteiger partial charge is 0.411 e. The van der Waals surface area contributed by atoms with Gasteiger partial charge in [-0.15, -0.1) is 11.3 Å². The number of carbonyl (C=O) groups is 1. The molecule has 1 N–H and O–H groups in total. The summed E-state index contributed by atoms with van der Waals surface area (Å²) in [7, 11) is 0. The van der Waals surface area contributed by atoms with Crippen LogP contribution in [0.4, 0.5) is 18.3 Å². The number of aromatic nitrogens is 1. The topological polar surface area (TPSA) is 54.5 Å². The van der Waals surface area contributed by atoms with Gasteiger partial charge in [0.15, 0.2) is 5.13 Å². The number of fused-ring (bicyclic) bond motifs is 1. The second kappa shape index (κ2) is 8.81. The van der Waals surface area contributed by atoms with E-state index in [1.807, 2.05) is 18.2 Å². The van der Waals surface area contributed by atoms with E-state index in [9.17, 15) is 18.0 Å². The van der Waals surface area contributed by atoms with Crippen molar-refractivity contribution in [1.29, 1.82) is 0 Å². The summed E-state index contributed by atoms with van der Waals surface area (Å²) in [6.07, 6.45) is -3.71. The van der Waals surface area contributed by atoms with E-state index in [0.29, 0.717) is 5.13 Å². The molecule has 1 amide bonds. The molecule has 1 aliphatic heterocycles. The Labute approximate surface area is 159 Å². The number of hydrogen-bond acceptors (Lipinski definition) is 5. The number of halogens is 3. The molecule has 9 heteroatoms. The van der Waals surface area contributed by atoms with E-state index in [1.54, 1.807) is 0 Å². The number of alkyl halides is 3. The van der Waals surface area contributed by atoms with Crippen molar-refractivity contribution in [3.05, 3.63) is 46.5 Å². The normalized spacial score (nSPS) is 14.8. The molecule has 3 rings (SSSR count). The number of carbonyl (C=O) groups excluding carboxylic acids is 1. The van der Waals surface area contributed by atoms with Gasteiger partial charge in [0, 0.05) is 30.9 Å². The number of rotatable bonds is 7. The van der Waals surface area contributed by atoms with Crippen LogP contribution in [0.15, 0.2) is 30.3 Å². The number of benzene rings is 1. The van der Waals surface area contributed by atoms with Crippen molar-refractivity contribution < 1.29 is 22.7 Å². The zero-order valence-corrected chi connectivity index (χ0v) is 15.4. The van der Waals surface area contributed by atoms with Crippen LogP contribution in [0.3, 0.4) is 0 Å². The van der Waals surface area contributed by atoms with Gasteiger partial charge in [0.2, 0.25) is 5.91 Å². The predicted molar refractivity (Wildman–Crippen MR) is 96.5 cm³/mol. The maximum absolute atomic E-state index is 12.0. The Hall–Kier alpha value is -1.97. The number of anilines is 1. The monoisotopic (exact) mass is 399 g/mol. The van der Waals surface area contributed by atoms with Gasteiger partial charge in [0.05, 0.1) is 18.7 Å². The number of nitrogens with zero attached hydrogens (tertiary/aromatic N) is 2. The highest BCUT2D eigenvalue weighted by Gasteiger charge is 2.27. The third-order valence-electron chi connectivity index (χ3n) is 4.04. The number of thiazole rings is 1. The van der Waals surface area contributed by atoms with E-state index in [4.69, 9.17) is 0 Å². The van der Waals surface area contributed by atoms with Crippen molar-refractivity contribution in [2.75, 3.05) is 25.1 Å². The summed E-state index contributed by atoms with van der Waals surface area (Å²) in [5, 5.41) is 3.14. The minimum atomic E-state index is -4.38. The Bertz CT molecular complexity index is 765. The summed E-state index contributed by atoms with van der Waals surface area (Å²) >= 11 is 1.42. The van der Waals surface area contributed by atoms with E-state index in [2.05, 4.69) is 32.1 Å². The second-order valence-electron chi connectivity index (χ2n) is 6.30. The number of nitrogens with one attached hydrogen (secondary N) is 1. The summed E-state index contributed by atoms with van der Waals surface area (Å²) < 4.78 is 40.4. The van der Waals surface area contributed by atoms with Crippen LogP contribution in [0, 0.1) is 0 Å². The quantitative estimate of drug-likeness (QED) is 0.723. The Morgan fingerprint density at radius 1 is 1.30 bits per heavy atom. The number of ether oxygens (including phenoxy) is 1. The molecule has 27 heavy (non-hydrogen) atoms. The van der Waals surface area contributed by atoms with Crippen LogP contribution in [-0.4, -0.2) is 41.7 Å². The highest BCUT2D eigenvalue weighted by atomic mass is 32.1. The van der Waals surface area contributed by atoms with Gasteiger partial charge in [0.25, 0.3) is 0 Å². The highest BCUT2D eigenvalue weighted by Crippen LogP contribution is 2.29. The average molecular weight is 399 g/mol. The second-order valence-corrected chi connectivity index (χ2v) is 7.38. The van der Waals surface area contributed by atoms with Crippen LogP contribution in [0.25, 0.3) is 0 Å². The zero-order valence-electron chi connectivity index (χ0n) is 14.6. The molecule has 0 aliphatic carbocycles. The number of hydrogen-bond donors (Lipinski definition) is 1. The predicted octanol–water partition coefficient (Wildman–Crippen LogP) is 3.61. The molecule has 0 radical (unpaired) electrons. The van der Waals surface area contributed by atoms with Crippen LogP contribution in [-0.2, 0) is 29.0 Å². The fraction of sp³-hybridized carbons (Fsp3) is 0.444. The van der Waals surface area contributed by atoms with Gasteiger partial charge in [-0.25, -0.2) is 4.98 Å². The van der Waals surface area contributed by atoms with Gasteiger partial charge in [-0.2, -0.15) is 13.2 Å². The van der Waals surface area contributed by atoms with Gasteiger partial charge >= 0.3 is 6.18 Å². The first-order chi connectivity index (χ1) is 12.9. The van der Waals surface area contributed by atoms with Crippen molar-refractivity contribution in [2.45, 2.75) is 32.1 Å². The maximum Gasteiger partial charge on any atom is 0.411 e. The minimum Gasteiger partial charge on any atom is -0.372 e. The van der Waals surface area contributed by atoms with Crippen molar-refractivity contribution in [2.24, 2.45) is 0 Å². The van der Waals surface area contributed by atoms with E-state index in [-0.39, 0.29) is 13.0 Å². The lowest BCUT2D eigenvalue weighted by Crippen LogP contribution is -2.29. The summed E-state index contributed by atoms with van der Waals surface area (Å²) in [6, 6.07) is 10.2. The molecule has 146 valence electrons. The van der Waals surface area contributed by atoms with Crippen molar-refractivity contribution >= 4 is 22.4 Å². The Balaban J connectivity index is 1.47. The van der Waals surface area contributed by atoms with Gasteiger partial charge in [-0.1, -0.05) is 30.3 Å². The molecule has 0 saturated carbocycles. The van der Waals surface area contributed by atoms with E-state index in [1.165, 1.54) is 16.9 Å². The molecule has 1 aromatic heterocycles. The van der Waals surface area contributed by atoms with E-state index < -0.39 is 18.7 Å². The van der Waals surface area contributed by atoms with Crippen molar-refractivity contribution in [1.82, 2.24) is 9.88 Å². The van der Waals surface area contributed by atoms with Crippen LogP contribution >= 0.6 is 11.3 Å². The SMILES string of the molecule is O=C(CCOCC(F)(F)F)Nc1nc2c(s1)CN(Cc1ccccc1)CC2. The molecule has 0 unspecified atom stereocenters. The fourth-order valence-electron chi connectivity index (χ4n) is 2.81. The maximum atomic E-state index is 12.0. The van der Waals surface area contributed by atoms with Crippen molar-refractivity contribution in [3.63, 3.8) is 0 Å². The van der Waals surface area contributed by atoms with Gasteiger partial charge in [-0.3, -0.25) is 9.69 Å². The van der Waals surface area contributed by atoms with Crippen LogP contribution < -0.4 is 5.32 Å². The Morgan fingerprint density at radius 3 is 2.81 bits per heavy atom. The molecule has 5 nitrogen and oxygen atoms in total. The molecule has 0 saturated heterocycles. The Morgan fingerprint density at radius 2 is 2.07 bits per heavy atom. The lowest BCUT2D eigenvalue weighted by atomic mass is 10.1. The smallest absolute Gasteiger partial charge is 0.372 e. The summed E-state index contributed by atoms with van der Waals surface area (Å²) in [5.74, 6) is -0.399. The molecule has 0 spiro atoms. The molecular formula is C18H20F3N3O2S. The first-order valence-electron chi connectivity index (χ1n) is 8.58. The molecule has 1 aliphatic rings. The molecular weight excluding hydrogens is 379 g/mol. The standard InChI is InChI=1S/C18H20F3N3O2S/c19-18(20,21)12-26-9-7-16(25)23-17-22-14-6-8-24(11-15(14)27-17)10-13-4-2-1-3-5-13/h1-5H,6-12H2,(H,22,23,25). The lowest BCUT2D eigenvalue weighted by Gasteiger charge is -2.25. The van der Waals surface area contributed by atoms with Gasteiger partial charge < -0.3 is 10.1 Å². The zero-order chi connectivity index (χ0) is 19.3. The van der Waals surface area contributed by atoms with E-state index >= 15 is 0 Å². The van der Waals surface area contributed by atoms with Gasteiger partial charge in [0.1, 0.15) is 6.61 Å². The molecule has 0 atom stereocenters. The first-order valence-corrected chi connectivity index (χ1v) is 9.40. The third kappa shape index (κ3) is 6.30. The third-order valence-corrected chi connectivity index (χ3v) is 5.04. The van der Waals surface area contributed by atoms with Crippen LogP contribution in [0.2, 0.25) is 0 Å². The molecule has 0 fully saturated rings. The summed E-state index contributed by atoms with van der Waals surface area (Å²) in [5.41, 5.74) is 2.23. The first kappa shape index (κ1) is 19.8. The minimum absolute atomic E-state index is 0.138. The van der Waals surface area contributed by atoms with Crippen LogP contribution in [0.1, 0.15) is 22.6 Å². The fourth-order valence-corrected chi connectivity index (χ4v) is 3.88. The highest BCUT2D eigenvalue weighted by molar-refractivity contribution is 7.15. The van der Waals surface area contributed by atoms with Crippen molar-refractivity contribution in [3.8, 4) is 0 Å². The molecule has 2 aromatic rings. The summed E-state index contributed by atoms with van der Waals surface area (Å²) in [4.78, 5) is 19.7. The van der Waals surface area contributed by atoms with Crippen LogP contribution in [0.5, 0.6) is 0 Å². The Kier molecular flexibility index (Phi) is 6.46. The van der Waals surface area contributed by atoms with E-state index in [0.717, 1.165) is 36.6 Å². The summed E-state index contributed by atoms with van der Waals surface area (Å²) in [6.45, 7) is 0.900. The van der Waals surface area contributed by atoms with Gasteiger partial charge in [-0.05, 0) is 5.56 Å². The molecule has 1 aromatic carbocycles. The molecule has 0 bridgehead atoms. The lowest BCUT2D eigenvalue weighted by molar-refractivity contribution is -0.174. The number of amides is 1. The average Bonchev–Trinajstić information content (AvgIpc) is 3.00. The molecule has 2 heterocycles.